The number of hydrogen-bond donors (Lipinski definition) is 1. The lowest BCUT2D eigenvalue weighted by Gasteiger charge is -2.08. The van der Waals surface area contributed by atoms with Gasteiger partial charge in [-0.1, -0.05) is 17.7 Å². The summed E-state index contributed by atoms with van der Waals surface area (Å²) in [6.07, 6.45) is 5.01. The van der Waals surface area contributed by atoms with Crippen molar-refractivity contribution in [1.29, 1.82) is 0 Å². The van der Waals surface area contributed by atoms with Crippen molar-refractivity contribution in [2.24, 2.45) is 0 Å². The maximum absolute atomic E-state index is 11.2. The van der Waals surface area contributed by atoms with Crippen molar-refractivity contribution in [3.8, 4) is 5.69 Å². The van der Waals surface area contributed by atoms with E-state index in [1.807, 2.05) is 6.07 Å². The highest BCUT2D eigenvalue weighted by molar-refractivity contribution is 6.31. The molecular weight excluding hydrogens is 250 g/mol. The van der Waals surface area contributed by atoms with Crippen molar-refractivity contribution in [3.05, 3.63) is 52.3 Å². The number of benzene rings is 1. The summed E-state index contributed by atoms with van der Waals surface area (Å²) in [4.78, 5) is 11.2. The summed E-state index contributed by atoms with van der Waals surface area (Å²) in [5.74, 6) is -0.970. The lowest BCUT2D eigenvalue weighted by Crippen LogP contribution is -2.05. The molecule has 0 radical (unpaired) electrons. The number of nitrogens with zero attached hydrogens (tertiary/aromatic N) is 1. The van der Waals surface area contributed by atoms with E-state index in [-0.39, 0.29) is 5.69 Å². The summed E-state index contributed by atoms with van der Waals surface area (Å²) in [7, 11) is 0. The van der Waals surface area contributed by atoms with Gasteiger partial charge in [0.05, 0.1) is 5.02 Å². The fraction of sp³-hybridized carbons (Fsp3) is 0.214. The zero-order chi connectivity index (χ0) is 12.7. The number of carbonyl (C=O) groups is 1. The van der Waals surface area contributed by atoms with Gasteiger partial charge in [0.2, 0.25) is 0 Å². The number of hydrogen-bond acceptors (Lipinski definition) is 1. The summed E-state index contributed by atoms with van der Waals surface area (Å²) in [5.41, 5.74) is 3.74. The first-order valence-electron chi connectivity index (χ1n) is 5.88. The van der Waals surface area contributed by atoms with Gasteiger partial charge in [-0.25, -0.2) is 4.79 Å². The Labute approximate surface area is 110 Å². The van der Waals surface area contributed by atoms with E-state index in [1.165, 1.54) is 23.6 Å². The Bertz CT molecular complexity index is 631. The second-order valence-corrected chi connectivity index (χ2v) is 4.96. The van der Waals surface area contributed by atoms with Crippen LogP contribution < -0.4 is 0 Å². The monoisotopic (exact) mass is 261 g/mol. The van der Waals surface area contributed by atoms with Gasteiger partial charge in [-0.2, -0.15) is 0 Å². The first kappa shape index (κ1) is 11.4. The van der Waals surface area contributed by atoms with Crippen LogP contribution >= 0.6 is 11.6 Å². The summed E-state index contributed by atoms with van der Waals surface area (Å²) in [5, 5.41) is 9.59. The van der Waals surface area contributed by atoms with Crippen LogP contribution in [0.5, 0.6) is 0 Å². The summed E-state index contributed by atoms with van der Waals surface area (Å²) in [6.45, 7) is 0. The average molecular weight is 262 g/mol. The Morgan fingerprint density at radius 2 is 2.00 bits per heavy atom. The number of rotatable bonds is 2. The molecule has 18 heavy (non-hydrogen) atoms. The van der Waals surface area contributed by atoms with E-state index in [1.54, 1.807) is 10.8 Å². The number of aromatic nitrogens is 1. The lowest BCUT2D eigenvalue weighted by atomic mass is 10.1. The van der Waals surface area contributed by atoms with Crippen molar-refractivity contribution in [3.63, 3.8) is 0 Å². The molecular formula is C14H12ClNO2. The molecule has 0 unspecified atom stereocenters. The van der Waals surface area contributed by atoms with Crippen LogP contribution in [0.25, 0.3) is 5.69 Å². The van der Waals surface area contributed by atoms with E-state index >= 15 is 0 Å². The summed E-state index contributed by atoms with van der Waals surface area (Å²) in [6, 6.07) is 7.56. The molecule has 1 aromatic carbocycles. The molecule has 0 spiro atoms. The highest BCUT2D eigenvalue weighted by Gasteiger charge is 2.16. The minimum Gasteiger partial charge on any atom is -0.477 e. The van der Waals surface area contributed by atoms with Crippen molar-refractivity contribution in [2.45, 2.75) is 19.3 Å². The Hall–Kier alpha value is -1.74. The number of halogens is 1. The van der Waals surface area contributed by atoms with Crippen molar-refractivity contribution in [2.75, 3.05) is 0 Å². The van der Waals surface area contributed by atoms with Crippen molar-refractivity contribution < 1.29 is 9.90 Å². The van der Waals surface area contributed by atoms with Crippen LogP contribution in [0.4, 0.5) is 0 Å². The Balaban J connectivity index is 2.12. The van der Waals surface area contributed by atoms with E-state index in [0.717, 1.165) is 18.5 Å². The molecule has 0 atom stereocenters. The number of carboxylic acids is 1. The molecule has 1 heterocycles. The van der Waals surface area contributed by atoms with Crippen LogP contribution in [0.15, 0.2) is 30.5 Å². The van der Waals surface area contributed by atoms with Crippen molar-refractivity contribution in [1.82, 2.24) is 4.57 Å². The third-order valence-corrected chi connectivity index (χ3v) is 3.57. The normalized spacial score (nSPS) is 13.6. The maximum atomic E-state index is 11.2. The van der Waals surface area contributed by atoms with Gasteiger partial charge in [0, 0.05) is 11.9 Å². The van der Waals surface area contributed by atoms with Gasteiger partial charge in [0.25, 0.3) is 0 Å². The first-order chi connectivity index (χ1) is 8.65. The summed E-state index contributed by atoms with van der Waals surface area (Å²) >= 11 is 5.89. The zero-order valence-corrected chi connectivity index (χ0v) is 10.4. The molecule has 0 saturated heterocycles. The van der Waals surface area contributed by atoms with Crippen LogP contribution in [0.1, 0.15) is 28.0 Å². The topological polar surface area (TPSA) is 42.2 Å². The average Bonchev–Trinajstić information content (AvgIpc) is 2.93. The highest BCUT2D eigenvalue weighted by atomic mass is 35.5. The number of aryl methyl sites for hydroxylation is 2. The van der Waals surface area contributed by atoms with Crippen LogP contribution in [-0.2, 0) is 12.8 Å². The number of aromatic carboxylic acids is 1. The summed E-state index contributed by atoms with van der Waals surface area (Å²) < 4.78 is 1.63. The van der Waals surface area contributed by atoms with E-state index in [0.29, 0.717) is 5.02 Å². The van der Waals surface area contributed by atoms with Crippen molar-refractivity contribution >= 4 is 17.6 Å². The molecule has 3 rings (SSSR count). The van der Waals surface area contributed by atoms with E-state index in [4.69, 9.17) is 16.7 Å². The second-order valence-electron chi connectivity index (χ2n) is 4.53. The molecule has 1 N–H and O–H groups in total. The standard InChI is InChI=1S/C14H12ClNO2/c15-11-7-13(14(17)18)16(8-11)12-5-4-9-2-1-3-10(9)6-12/h4-8H,1-3H2,(H,17,18). The van der Waals surface area contributed by atoms with E-state index < -0.39 is 5.97 Å². The predicted molar refractivity (Wildman–Crippen MR) is 69.8 cm³/mol. The molecule has 4 heteroatoms. The van der Waals surface area contributed by atoms with E-state index in [9.17, 15) is 4.79 Å². The van der Waals surface area contributed by atoms with Crippen LogP contribution in [0.2, 0.25) is 5.02 Å². The first-order valence-corrected chi connectivity index (χ1v) is 6.26. The molecule has 0 amide bonds. The fourth-order valence-electron chi connectivity index (χ4n) is 2.52. The molecule has 2 aromatic rings. The molecule has 0 aliphatic heterocycles. The molecule has 92 valence electrons. The quantitative estimate of drug-likeness (QED) is 0.901. The zero-order valence-electron chi connectivity index (χ0n) is 9.69. The van der Waals surface area contributed by atoms with E-state index in [2.05, 4.69) is 12.1 Å². The fourth-order valence-corrected chi connectivity index (χ4v) is 2.72. The third-order valence-electron chi connectivity index (χ3n) is 3.37. The van der Waals surface area contributed by atoms with Gasteiger partial charge in [-0.3, -0.25) is 0 Å². The Kier molecular flexibility index (Phi) is 2.63. The maximum Gasteiger partial charge on any atom is 0.352 e. The molecule has 3 nitrogen and oxygen atoms in total. The predicted octanol–water partition coefficient (Wildman–Crippen LogP) is 3.32. The van der Waals surface area contributed by atoms with Gasteiger partial charge in [0.1, 0.15) is 5.69 Å². The molecule has 1 aliphatic carbocycles. The molecule has 1 aliphatic rings. The van der Waals surface area contributed by atoms with Crippen LogP contribution in [-0.4, -0.2) is 15.6 Å². The van der Waals surface area contributed by atoms with Crippen LogP contribution in [0, 0.1) is 0 Å². The second kappa shape index (κ2) is 4.18. The lowest BCUT2D eigenvalue weighted by molar-refractivity contribution is 0.0688. The number of carboxylic acid groups (broad SMARTS) is 1. The molecule has 0 bridgehead atoms. The highest BCUT2D eigenvalue weighted by Crippen LogP contribution is 2.26. The third kappa shape index (κ3) is 1.81. The van der Waals surface area contributed by atoms with Gasteiger partial charge < -0.3 is 9.67 Å². The largest absolute Gasteiger partial charge is 0.477 e. The van der Waals surface area contributed by atoms with Gasteiger partial charge in [-0.15, -0.1) is 0 Å². The Morgan fingerprint density at radius 3 is 2.78 bits per heavy atom. The van der Waals surface area contributed by atoms with Gasteiger partial charge in [0.15, 0.2) is 0 Å². The minimum absolute atomic E-state index is 0.193. The molecule has 0 fully saturated rings. The molecule has 1 aromatic heterocycles. The number of fused-ring (bicyclic) bond motifs is 1. The Morgan fingerprint density at radius 1 is 1.22 bits per heavy atom. The van der Waals surface area contributed by atoms with Gasteiger partial charge >= 0.3 is 5.97 Å². The van der Waals surface area contributed by atoms with Crippen LogP contribution in [0.3, 0.4) is 0 Å². The molecule has 0 saturated carbocycles. The minimum atomic E-state index is -0.970. The van der Waals surface area contributed by atoms with Gasteiger partial charge in [-0.05, 0) is 48.6 Å². The SMILES string of the molecule is O=C(O)c1cc(Cl)cn1-c1ccc2c(c1)CCC2. The smallest absolute Gasteiger partial charge is 0.352 e.